The third-order valence-corrected chi connectivity index (χ3v) is 5.37. The first-order chi connectivity index (χ1) is 13.6. The molecule has 0 aliphatic carbocycles. The fourth-order valence-corrected chi connectivity index (χ4v) is 3.58. The first-order valence-corrected chi connectivity index (χ1v) is 9.81. The summed E-state index contributed by atoms with van der Waals surface area (Å²) in [5.74, 6) is 1.64. The summed E-state index contributed by atoms with van der Waals surface area (Å²) in [5, 5.41) is 2.11. The lowest BCUT2D eigenvalue weighted by Crippen LogP contribution is -2.45. The van der Waals surface area contributed by atoms with Crippen LogP contribution in [0.5, 0.6) is 0 Å². The van der Waals surface area contributed by atoms with Crippen molar-refractivity contribution < 1.29 is 9.21 Å². The molecule has 0 bridgehead atoms. The van der Waals surface area contributed by atoms with Crippen molar-refractivity contribution in [3.63, 3.8) is 0 Å². The average Bonchev–Trinajstić information content (AvgIpc) is 3.13. The van der Waals surface area contributed by atoms with Gasteiger partial charge in [0.15, 0.2) is 11.7 Å². The lowest BCUT2D eigenvalue weighted by atomic mass is 10.0. The minimum Gasteiger partial charge on any atom is -0.441 e. The van der Waals surface area contributed by atoms with E-state index in [1.807, 2.05) is 31.3 Å². The van der Waals surface area contributed by atoms with Crippen LogP contribution in [0.1, 0.15) is 18.0 Å². The van der Waals surface area contributed by atoms with Gasteiger partial charge < -0.3 is 14.2 Å². The highest BCUT2D eigenvalue weighted by Gasteiger charge is 2.15. The summed E-state index contributed by atoms with van der Waals surface area (Å²) in [6.07, 6.45) is 4.55. The Morgan fingerprint density at radius 2 is 1.89 bits per heavy atom. The number of aryl methyl sites for hydroxylation is 1. The Hall–Kier alpha value is -2.57. The zero-order valence-corrected chi connectivity index (χ0v) is 16.5. The van der Waals surface area contributed by atoms with Crippen molar-refractivity contribution in [2.75, 3.05) is 39.8 Å². The SMILES string of the molecule is Cc1ncc(-c2ccc3cnc(CC(=O)CCN4CCN(C)CC4)cc3c2)o1. The number of Topliss-reactive ketones (excluding diaryl/α,β-unsaturated/α-hetero) is 1. The van der Waals surface area contributed by atoms with Crippen LogP contribution in [0, 0.1) is 6.92 Å². The first-order valence-electron chi connectivity index (χ1n) is 9.81. The molecule has 2 aromatic heterocycles. The molecule has 0 spiro atoms. The second-order valence-corrected chi connectivity index (χ2v) is 7.59. The Labute approximate surface area is 165 Å². The van der Waals surface area contributed by atoms with Crippen LogP contribution in [0.3, 0.4) is 0 Å². The monoisotopic (exact) mass is 378 g/mol. The summed E-state index contributed by atoms with van der Waals surface area (Å²) in [5.41, 5.74) is 1.80. The van der Waals surface area contributed by atoms with Gasteiger partial charge in [0.25, 0.3) is 0 Å². The van der Waals surface area contributed by atoms with E-state index in [1.54, 1.807) is 6.20 Å². The van der Waals surface area contributed by atoms with Crippen LogP contribution < -0.4 is 0 Å². The molecule has 1 saturated heterocycles. The van der Waals surface area contributed by atoms with Gasteiger partial charge in [-0.05, 0) is 24.6 Å². The summed E-state index contributed by atoms with van der Waals surface area (Å²) in [6.45, 7) is 6.92. The van der Waals surface area contributed by atoms with Crippen LogP contribution >= 0.6 is 0 Å². The highest BCUT2D eigenvalue weighted by Crippen LogP contribution is 2.25. The number of fused-ring (bicyclic) bond motifs is 1. The Balaban J connectivity index is 1.41. The molecule has 3 aromatic rings. The van der Waals surface area contributed by atoms with Crippen LogP contribution in [0.15, 0.2) is 41.1 Å². The number of nitrogens with zero attached hydrogens (tertiary/aromatic N) is 4. The molecule has 0 amide bonds. The number of piperazine rings is 1. The first kappa shape index (κ1) is 18.8. The molecule has 0 saturated carbocycles. The molecule has 0 N–H and O–H groups in total. The molecule has 6 heteroatoms. The maximum atomic E-state index is 12.4. The molecule has 0 radical (unpaired) electrons. The van der Waals surface area contributed by atoms with E-state index in [0.29, 0.717) is 18.7 Å². The quantitative estimate of drug-likeness (QED) is 0.657. The molecule has 3 heterocycles. The van der Waals surface area contributed by atoms with Gasteiger partial charge in [0.05, 0.1) is 6.20 Å². The van der Waals surface area contributed by atoms with Crippen molar-refractivity contribution >= 4 is 16.6 Å². The fourth-order valence-electron chi connectivity index (χ4n) is 3.58. The Bertz CT molecular complexity index is 974. The van der Waals surface area contributed by atoms with E-state index in [9.17, 15) is 4.79 Å². The third kappa shape index (κ3) is 4.46. The number of benzene rings is 1. The highest BCUT2D eigenvalue weighted by atomic mass is 16.4. The van der Waals surface area contributed by atoms with Crippen LogP contribution in [0.4, 0.5) is 0 Å². The lowest BCUT2D eigenvalue weighted by molar-refractivity contribution is -0.118. The number of oxazole rings is 1. The summed E-state index contributed by atoms with van der Waals surface area (Å²) < 4.78 is 5.62. The Morgan fingerprint density at radius 1 is 1.07 bits per heavy atom. The number of hydrogen-bond acceptors (Lipinski definition) is 6. The molecule has 1 aliphatic rings. The van der Waals surface area contributed by atoms with Crippen molar-refractivity contribution in [1.82, 2.24) is 19.8 Å². The van der Waals surface area contributed by atoms with Crippen molar-refractivity contribution in [2.24, 2.45) is 0 Å². The average molecular weight is 378 g/mol. The van der Waals surface area contributed by atoms with Gasteiger partial charge in [-0.3, -0.25) is 9.78 Å². The Kier molecular flexibility index (Phi) is 5.50. The van der Waals surface area contributed by atoms with Crippen LogP contribution in [-0.4, -0.2) is 65.3 Å². The minimum absolute atomic E-state index is 0.243. The van der Waals surface area contributed by atoms with Crippen molar-refractivity contribution in [2.45, 2.75) is 19.8 Å². The molecular weight excluding hydrogens is 352 g/mol. The number of rotatable bonds is 6. The van der Waals surface area contributed by atoms with E-state index in [0.717, 1.165) is 60.5 Å². The molecule has 28 heavy (non-hydrogen) atoms. The topological polar surface area (TPSA) is 62.5 Å². The van der Waals surface area contributed by atoms with E-state index < -0.39 is 0 Å². The number of carbonyl (C=O) groups excluding carboxylic acids is 1. The van der Waals surface area contributed by atoms with E-state index >= 15 is 0 Å². The van der Waals surface area contributed by atoms with Gasteiger partial charge in [0, 0.05) is 75.3 Å². The molecule has 0 atom stereocenters. The van der Waals surface area contributed by atoms with Crippen molar-refractivity contribution in [3.8, 4) is 11.3 Å². The van der Waals surface area contributed by atoms with E-state index in [2.05, 4.69) is 32.9 Å². The van der Waals surface area contributed by atoms with Crippen molar-refractivity contribution in [3.05, 3.63) is 48.2 Å². The van der Waals surface area contributed by atoms with E-state index in [4.69, 9.17) is 4.42 Å². The fraction of sp³-hybridized carbons (Fsp3) is 0.409. The molecule has 4 rings (SSSR count). The summed E-state index contributed by atoms with van der Waals surface area (Å²) in [6, 6.07) is 8.10. The van der Waals surface area contributed by atoms with Crippen molar-refractivity contribution in [1.29, 1.82) is 0 Å². The highest BCUT2D eigenvalue weighted by molar-refractivity contribution is 5.87. The number of carbonyl (C=O) groups is 1. The van der Waals surface area contributed by atoms with Crippen LogP contribution in [0.2, 0.25) is 0 Å². The molecule has 1 fully saturated rings. The van der Waals surface area contributed by atoms with Gasteiger partial charge in [-0.15, -0.1) is 0 Å². The lowest BCUT2D eigenvalue weighted by Gasteiger charge is -2.32. The smallest absolute Gasteiger partial charge is 0.191 e. The summed E-state index contributed by atoms with van der Waals surface area (Å²) in [4.78, 5) is 25.8. The standard InChI is InChI=1S/C22H26N4O2/c1-16-23-15-22(28-16)17-3-4-18-14-24-20(12-19(18)11-17)13-21(27)5-6-26-9-7-25(2)8-10-26/h3-4,11-12,14-15H,5-10,13H2,1-2H3. The number of pyridine rings is 1. The second kappa shape index (κ2) is 8.20. The molecule has 1 aliphatic heterocycles. The van der Waals surface area contributed by atoms with Crippen LogP contribution in [-0.2, 0) is 11.2 Å². The van der Waals surface area contributed by atoms with E-state index in [1.165, 1.54) is 0 Å². The largest absolute Gasteiger partial charge is 0.441 e. The van der Waals surface area contributed by atoms with Crippen LogP contribution in [0.25, 0.3) is 22.1 Å². The van der Waals surface area contributed by atoms with Gasteiger partial charge in [0.2, 0.25) is 0 Å². The second-order valence-electron chi connectivity index (χ2n) is 7.59. The van der Waals surface area contributed by atoms with Gasteiger partial charge in [-0.25, -0.2) is 4.98 Å². The number of aromatic nitrogens is 2. The minimum atomic E-state index is 0.243. The van der Waals surface area contributed by atoms with Gasteiger partial charge in [0.1, 0.15) is 5.78 Å². The summed E-state index contributed by atoms with van der Waals surface area (Å²) in [7, 11) is 2.14. The van der Waals surface area contributed by atoms with E-state index in [-0.39, 0.29) is 5.78 Å². The predicted octanol–water partition coefficient (Wildman–Crippen LogP) is 2.95. The normalized spacial score (nSPS) is 15.9. The summed E-state index contributed by atoms with van der Waals surface area (Å²) >= 11 is 0. The third-order valence-electron chi connectivity index (χ3n) is 5.37. The maximum absolute atomic E-state index is 12.4. The van der Waals surface area contributed by atoms with Gasteiger partial charge >= 0.3 is 0 Å². The zero-order chi connectivity index (χ0) is 19.5. The molecule has 0 unspecified atom stereocenters. The zero-order valence-electron chi connectivity index (χ0n) is 16.5. The Morgan fingerprint density at radius 3 is 2.64 bits per heavy atom. The van der Waals surface area contributed by atoms with Gasteiger partial charge in [-0.1, -0.05) is 12.1 Å². The molecular formula is C22H26N4O2. The molecule has 1 aromatic carbocycles. The molecule has 146 valence electrons. The number of likely N-dealkylation sites (N-methyl/N-ethyl adjacent to an activating group) is 1. The number of hydrogen-bond donors (Lipinski definition) is 0. The predicted molar refractivity (Wildman–Crippen MR) is 109 cm³/mol. The number of ketones is 1. The maximum Gasteiger partial charge on any atom is 0.191 e. The molecule has 6 nitrogen and oxygen atoms in total. The van der Waals surface area contributed by atoms with Gasteiger partial charge in [-0.2, -0.15) is 0 Å².